The van der Waals surface area contributed by atoms with Crippen molar-refractivity contribution in [2.24, 2.45) is 5.92 Å². The molecule has 1 N–H and O–H groups in total. The Bertz CT molecular complexity index is 762. The summed E-state index contributed by atoms with van der Waals surface area (Å²) < 4.78 is 0. The first kappa shape index (κ1) is 17.5. The lowest BCUT2D eigenvalue weighted by Crippen LogP contribution is -2.30. The highest BCUT2D eigenvalue weighted by Crippen LogP contribution is 2.33. The maximum absolute atomic E-state index is 12.7. The summed E-state index contributed by atoms with van der Waals surface area (Å²) >= 11 is 1.44. The molecule has 3 rings (SSSR count). The van der Waals surface area contributed by atoms with Crippen molar-refractivity contribution in [1.82, 2.24) is 19.8 Å². The van der Waals surface area contributed by atoms with Crippen LogP contribution in [0.1, 0.15) is 27.0 Å². The van der Waals surface area contributed by atoms with Gasteiger partial charge in [-0.25, -0.2) is 4.98 Å². The highest BCUT2D eigenvalue weighted by molar-refractivity contribution is 7.09. The molecule has 0 aromatic carbocycles. The summed E-state index contributed by atoms with van der Waals surface area (Å²) in [7, 11) is 3.89. The third-order valence-electron chi connectivity index (χ3n) is 4.26. The molecular weight excluding hydrogens is 340 g/mol. The van der Waals surface area contributed by atoms with Gasteiger partial charge in [0.2, 0.25) is 0 Å². The predicted molar refractivity (Wildman–Crippen MR) is 93.5 cm³/mol. The number of nitrogens with zero attached hydrogens (tertiary/aromatic N) is 4. The summed E-state index contributed by atoms with van der Waals surface area (Å²) in [5.74, 6) is -1.99. The van der Waals surface area contributed by atoms with E-state index in [1.54, 1.807) is 28.7 Å². The lowest BCUT2D eigenvalue weighted by molar-refractivity contribution is -0.141. The number of hydrogen-bond acceptors (Lipinski definition) is 6. The monoisotopic (exact) mass is 360 g/mol. The van der Waals surface area contributed by atoms with Gasteiger partial charge < -0.3 is 14.9 Å². The van der Waals surface area contributed by atoms with E-state index in [1.165, 1.54) is 11.3 Å². The molecule has 7 nitrogen and oxygen atoms in total. The van der Waals surface area contributed by atoms with Gasteiger partial charge in [-0.2, -0.15) is 0 Å². The quantitative estimate of drug-likeness (QED) is 0.870. The van der Waals surface area contributed by atoms with E-state index in [4.69, 9.17) is 0 Å². The number of carbonyl (C=O) groups is 2. The van der Waals surface area contributed by atoms with Crippen molar-refractivity contribution >= 4 is 23.2 Å². The lowest BCUT2D eigenvalue weighted by atomic mass is 9.90. The Hall–Kier alpha value is -2.32. The zero-order valence-corrected chi connectivity index (χ0v) is 14.9. The molecule has 2 aromatic heterocycles. The molecular formula is C17H20N4O3S. The van der Waals surface area contributed by atoms with Crippen LogP contribution in [0.5, 0.6) is 0 Å². The molecule has 1 aliphatic rings. The Kier molecular flexibility index (Phi) is 5.10. The molecule has 1 amide bonds. The molecule has 1 saturated heterocycles. The smallest absolute Gasteiger partial charge is 0.308 e. The van der Waals surface area contributed by atoms with Crippen molar-refractivity contribution in [2.45, 2.75) is 12.5 Å². The van der Waals surface area contributed by atoms with E-state index < -0.39 is 11.9 Å². The molecule has 1 aliphatic heterocycles. The van der Waals surface area contributed by atoms with Gasteiger partial charge in [-0.05, 0) is 25.7 Å². The van der Waals surface area contributed by atoms with Gasteiger partial charge in [-0.3, -0.25) is 14.6 Å². The minimum Gasteiger partial charge on any atom is -0.481 e. The summed E-state index contributed by atoms with van der Waals surface area (Å²) in [6.07, 6.45) is 3.32. The minimum absolute atomic E-state index is 0.189. The largest absolute Gasteiger partial charge is 0.481 e. The number of thiazole rings is 1. The van der Waals surface area contributed by atoms with E-state index in [-0.39, 0.29) is 18.4 Å². The topological polar surface area (TPSA) is 86.6 Å². The fourth-order valence-corrected chi connectivity index (χ4v) is 3.95. The lowest BCUT2D eigenvalue weighted by Gasteiger charge is -2.15. The van der Waals surface area contributed by atoms with Crippen LogP contribution in [0.2, 0.25) is 0 Å². The Balaban J connectivity index is 1.78. The highest BCUT2D eigenvalue weighted by atomic mass is 32.1. The number of carbonyl (C=O) groups excluding carboxylic acids is 1. The second-order valence-corrected chi connectivity index (χ2v) is 7.35. The Morgan fingerprint density at radius 3 is 2.84 bits per heavy atom. The van der Waals surface area contributed by atoms with Crippen LogP contribution in [0.3, 0.4) is 0 Å². The number of carboxylic acids is 1. The maximum Gasteiger partial charge on any atom is 0.308 e. The number of carboxylic acid groups (broad SMARTS) is 1. The highest BCUT2D eigenvalue weighted by Gasteiger charge is 2.41. The molecule has 132 valence electrons. The van der Waals surface area contributed by atoms with Crippen LogP contribution in [0, 0.1) is 5.92 Å². The molecule has 1 fully saturated rings. The molecule has 0 bridgehead atoms. The van der Waals surface area contributed by atoms with E-state index in [0.29, 0.717) is 18.8 Å². The SMILES string of the molecule is CN(C)Cc1nc(C(=O)N2C[C@H](C(=O)O)[C@@H](c3cccnc3)C2)cs1. The fraction of sp³-hybridized carbons (Fsp3) is 0.412. The Labute approximate surface area is 149 Å². The van der Waals surface area contributed by atoms with Crippen molar-refractivity contribution in [1.29, 1.82) is 0 Å². The summed E-state index contributed by atoms with van der Waals surface area (Å²) in [6.45, 7) is 1.23. The number of amides is 1. The van der Waals surface area contributed by atoms with Crippen molar-refractivity contribution in [2.75, 3.05) is 27.2 Å². The second kappa shape index (κ2) is 7.28. The van der Waals surface area contributed by atoms with E-state index in [9.17, 15) is 14.7 Å². The van der Waals surface area contributed by atoms with Crippen LogP contribution < -0.4 is 0 Å². The molecule has 3 heterocycles. The van der Waals surface area contributed by atoms with Crippen LogP contribution in [0.4, 0.5) is 0 Å². The number of rotatable bonds is 5. The van der Waals surface area contributed by atoms with E-state index in [2.05, 4.69) is 9.97 Å². The molecule has 8 heteroatoms. The number of hydrogen-bond donors (Lipinski definition) is 1. The number of likely N-dealkylation sites (tertiary alicyclic amines) is 1. The first-order valence-corrected chi connectivity index (χ1v) is 8.85. The second-order valence-electron chi connectivity index (χ2n) is 6.41. The molecule has 0 aliphatic carbocycles. The molecule has 25 heavy (non-hydrogen) atoms. The van der Waals surface area contributed by atoms with Crippen molar-refractivity contribution in [3.05, 3.63) is 46.2 Å². The van der Waals surface area contributed by atoms with Gasteiger partial charge in [-0.1, -0.05) is 6.07 Å². The van der Waals surface area contributed by atoms with Gasteiger partial charge in [0, 0.05) is 43.3 Å². The molecule has 2 atom stereocenters. The summed E-state index contributed by atoms with van der Waals surface area (Å²) in [6, 6.07) is 3.65. The van der Waals surface area contributed by atoms with Gasteiger partial charge in [0.25, 0.3) is 5.91 Å². The van der Waals surface area contributed by atoms with E-state index in [1.807, 2.05) is 25.1 Å². The first-order valence-electron chi connectivity index (χ1n) is 7.97. The molecule has 0 radical (unpaired) electrons. The maximum atomic E-state index is 12.7. The molecule has 0 saturated carbocycles. The Morgan fingerprint density at radius 2 is 2.20 bits per heavy atom. The number of aromatic nitrogens is 2. The standard InChI is InChI=1S/C17H20N4O3S/c1-20(2)9-15-19-14(10-25-15)16(22)21-7-12(13(8-21)17(23)24)11-4-3-5-18-6-11/h3-6,10,12-13H,7-9H2,1-2H3,(H,23,24)/t12-,13+/m1/s1. The average Bonchev–Trinajstić information content (AvgIpc) is 3.21. The van der Waals surface area contributed by atoms with Gasteiger partial charge in [0.05, 0.1) is 5.92 Å². The minimum atomic E-state index is -0.893. The summed E-state index contributed by atoms with van der Waals surface area (Å²) in [5, 5.41) is 12.2. The normalized spacial score (nSPS) is 20.2. The van der Waals surface area contributed by atoms with Crippen molar-refractivity contribution in [3.63, 3.8) is 0 Å². The zero-order valence-electron chi connectivity index (χ0n) is 14.1. The van der Waals surface area contributed by atoms with E-state index in [0.717, 1.165) is 10.6 Å². The third kappa shape index (κ3) is 3.85. The third-order valence-corrected chi connectivity index (χ3v) is 5.09. The summed E-state index contributed by atoms with van der Waals surface area (Å²) in [4.78, 5) is 36.4. The predicted octanol–water partition coefficient (Wildman–Crippen LogP) is 1.54. The molecule has 0 unspecified atom stereocenters. The van der Waals surface area contributed by atoms with Gasteiger partial charge in [0.15, 0.2) is 0 Å². The van der Waals surface area contributed by atoms with Crippen LogP contribution in [-0.2, 0) is 11.3 Å². The van der Waals surface area contributed by atoms with Crippen LogP contribution in [0.15, 0.2) is 29.9 Å². The van der Waals surface area contributed by atoms with Crippen molar-refractivity contribution < 1.29 is 14.7 Å². The summed E-state index contributed by atoms with van der Waals surface area (Å²) in [5.41, 5.74) is 1.23. The fourth-order valence-electron chi connectivity index (χ4n) is 3.07. The molecule has 2 aromatic rings. The molecule has 0 spiro atoms. The van der Waals surface area contributed by atoms with Crippen molar-refractivity contribution in [3.8, 4) is 0 Å². The number of pyridine rings is 1. The average molecular weight is 360 g/mol. The van der Waals surface area contributed by atoms with Gasteiger partial charge >= 0.3 is 5.97 Å². The number of aliphatic carboxylic acids is 1. The van der Waals surface area contributed by atoms with Crippen LogP contribution in [-0.4, -0.2) is 63.9 Å². The Morgan fingerprint density at radius 1 is 1.40 bits per heavy atom. The van der Waals surface area contributed by atoms with Gasteiger partial charge in [-0.15, -0.1) is 11.3 Å². The van der Waals surface area contributed by atoms with Crippen LogP contribution in [0.25, 0.3) is 0 Å². The van der Waals surface area contributed by atoms with Gasteiger partial charge in [0.1, 0.15) is 10.7 Å². The van der Waals surface area contributed by atoms with E-state index >= 15 is 0 Å². The van der Waals surface area contributed by atoms with Crippen LogP contribution >= 0.6 is 11.3 Å². The zero-order chi connectivity index (χ0) is 18.0. The first-order chi connectivity index (χ1) is 12.0.